The fourth-order valence-corrected chi connectivity index (χ4v) is 5.60. The molecule has 2 aromatic carbocycles. The maximum absolute atomic E-state index is 13.6. The third-order valence-corrected chi connectivity index (χ3v) is 7.25. The van der Waals surface area contributed by atoms with E-state index in [1.807, 2.05) is 43.3 Å². The molecule has 2 amide bonds. The molecule has 4 aromatic rings. The van der Waals surface area contributed by atoms with Gasteiger partial charge in [-0.2, -0.15) is 0 Å². The van der Waals surface area contributed by atoms with E-state index < -0.39 is 5.92 Å². The van der Waals surface area contributed by atoms with Gasteiger partial charge in [-0.05, 0) is 55.5 Å². The largest absolute Gasteiger partial charge is 0.356 e. The van der Waals surface area contributed by atoms with Gasteiger partial charge in [0.15, 0.2) is 0 Å². The number of carbonyl (C=O) groups is 2. The molecule has 0 bridgehead atoms. The Kier molecular flexibility index (Phi) is 4.55. The van der Waals surface area contributed by atoms with Gasteiger partial charge in [-0.3, -0.25) is 19.3 Å². The lowest BCUT2D eigenvalue weighted by atomic mass is 9.84. The van der Waals surface area contributed by atoms with Crippen LogP contribution in [0.15, 0.2) is 64.7 Å². The zero-order valence-corrected chi connectivity index (χ0v) is 20.1. The van der Waals surface area contributed by atoms with Crippen molar-refractivity contribution >= 4 is 39.3 Å². The second kappa shape index (κ2) is 7.43. The molecule has 0 spiro atoms. The molecule has 4 heterocycles. The van der Waals surface area contributed by atoms with Crippen molar-refractivity contribution in [3.8, 4) is 0 Å². The van der Waals surface area contributed by atoms with Gasteiger partial charge in [0.1, 0.15) is 0 Å². The van der Waals surface area contributed by atoms with E-state index in [9.17, 15) is 14.4 Å². The number of pyridine rings is 1. The maximum atomic E-state index is 13.6. The first-order valence-electron chi connectivity index (χ1n) is 11.8. The van der Waals surface area contributed by atoms with Crippen LogP contribution in [0.25, 0.3) is 21.8 Å². The van der Waals surface area contributed by atoms with Crippen molar-refractivity contribution < 1.29 is 9.59 Å². The van der Waals surface area contributed by atoms with Gasteiger partial charge < -0.3 is 14.9 Å². The molecule has 7 heteroatoms. The van der Waals surface area contributed by atoms with Crippen LogP contribution < -0.4 is 10.9 Å². The number of amides is 2. The first-order valence-corrected chi connectivity index (χ1v) is 11.8. The van der Waals surface area contributed by atoms with Crippen molar-refractivity contribution in [3.63, 3.8) is 0 Å². The molecule has 0 radical (unpaired) electrons. The summed E-state index contributed by atoms with van der Waals surface area (Å²) < 4.78 is 2.18. The molecule has 0 fully saturated rings. The summed E-state index contributed by atoms with van der Waals surface area (Å²) in [7, 11) is 0. The lowest BCUT2D eigenvalue weighted by Gasteiger charge is -2.19. The standard InChI is InChI=1S/C28H26N4O3/c1-14(2)31-12-19-23(18-11-17-8-5-7-15(3)26(17)30-27(18)34)25-21(13-32(16(4)33)28(25)35)29-20-9-6-10-22(31)24(19)20/h5-12,14,23,29H,13H2,1-4H3,(H,30,34)/t23-/m1/s1. The van der Waals surface area contributed by atoms with Crippen molar-refractivity contribution in [2.24, 2.45) is 0 Å². The second-order valence-corrected chi connectivity index (χ2v) is 9.74. The Morgan fingerprint density at radius 3 is 2.60 bits per heavy atom. The molecule has 176 valence electrons. The number of hydrogen-bond donors (Lipinski definition) is 2. The van der Waals surface area contributed by atoms with E-state index in [2.05, 4.69) is 41.0 Å². The van der Waals surface area contributed by atoms with Crippen LogP contribution in [0.4, 0.5) is 5.69 Å². The Labute approximate surface area is 202 Å². The van der Waals surface area contributed by atoms with Gasteiger partial charge in [0.05, 0.1) is 23.2 Å². The number of aromatic nitrogens is 2. The van der Waals surface area contributed by atoms with Crippen molar-refractivity contribution in [3.05, 3.63) is 87.0 Å². The fraction of sp³-hybridized carbons (Fsp3) is 0.250. The number of H-pyrrole nitrogens is 1. The number of imide groups is 1. The van der Waals surface area contributed by atoms with Crippen LogP contribution in [0.2, 0.25) is 0 Å². The van der Waals surface area contributed by atoms with Crippen LogP contribution in [0.5, 0.6) is 0 Å². The summed E-state index contributed by atoms with van der Waals surface area (Å²) in [5, 5.41) is 5.35. The SMILES string of the molecule is CC(=O)N1CC2=C(C1=O)[C@H](c1cc3cccc(C)c3[nH]c1=O)c1cn(C(C)C)c3cccc(c13)N2. The molecular formula is C28H26N4O3. The van der Waals surface area contributed by atoms with Crippen LogP contribution in [0, 0.1) is 6.92 Å². The number of nitrogens with zero attached hydrogens (tertiary/aromatic N) is 2. The zero-order chi connectivity index (χ0) is 24.6. The highest BCUT2D eigenvalue weighted by Gasteiger charge is 2.42. The molecule has 2 N–H and O–H groups in total. The summed E-state index contributed by atoms with van der Waals surface area (Å²) in [6, 6.07) is 14.0. The number of aryl methyl sites for hydroxylation is 1. The van der Waals surface area contributed by atoms with E-state index in [1.54, 1.807) is 0 Å². The second-order valence-electron chi connectivity index (χ2n) is 9.74. The Balaban J connectivity index is 1.71. The number of anilines is 1. The van der Waals surface area contributed by atoms with Gasteiger partial charge in [-0.1, -0.05) is 24.3 Å². The molecule has 2 aliphatic heterocycles. The summed E-state index contributed by atoms with van der Waals surface area (Å²) in [4.78, 5) is 43.9. The first-order chi connectivity index (χ1) is 16.8. The Hall–Kier alpha value is -4.13. The molecular weight excluding hydrogens is 440 g/mol. The third kappa shape index (κ3) is 3.00. The highest BCUT2D eigenvalue weighted by atomic mass is 16.2. The molecule has 0 saturated heterocycles. The van der Waals surface area contributed by atoms with E-state index in [0.29, 0.717) is 16.8 Å². The molecule has 2 aliphatic rings. The first kappa shape index (κ1) is 21.4. The van der Waals surface area contributed by atoms with Crippen molar-refractivity contribution in [2.75, 3.05) is 11.9 Å². The minimum atomic E-state index is -0.617. The van der Waals surface area contributed by atoms with Crippen LogP contribution in [0.3, 0.4) is 0 Å². The average molecular weight is 467 g/mol. The van der Waals surface area contributed by atoms with E-state index >= 15 is 0 Å². The summed E-state index contributed by atoms with van der Waals surface area (Å²) in [5.74, 6) is -1.29. The quantitative estimate of drug-likeness (QED) is 0.453. The number of fused-ring (bicyclic) bond motifs is 1. The molecule has 0 saturated carbocycles. The highest BCUT2D eigenvalue weighted by molar-refractivity contribution is 6.11. The van der Waals surface area contributed by atoms with Crippen LogP contribution >= 0.6 is 0 Å². The van der Waals surface area contributed by atoms with E-state index in [1.165, 1.54) is 11.8 Å². The zero-order valence-electron chi connectivity index (χ0n) is 20.1. The van der Waals surface area contributed by atoms with Crippen LogP contribution in [0.1, 0.15) is 49.4 Å². The number of rotatable bonds is 2. The summed E-state index contributed by atoms with van der Waals surface area (Å²) in [6.07, 6.45) is 2.06. The van der Waals surface area contributed by atoms with Gasteiger partial charge >= 0.3 is 0 Å². The summed E-state index contributed by atoms with van der Waals surface area (Å²) in [6.45, 7) is 7.74. The van der Waals surface area contributed by atoms with Crippen LogP contribution in [-0.2, 0) is 9.59 Å². The van der Waals surface area contributed by atoms with Crippen molar-refractivity contribution in [2.45, 2.75) is 39.7 Å². The van der Waals surface area contributed by atoms with Gasteiger partial charge in [0.2, 0.25) is 5.91 Å². The van der Waals surface area contributed by atoms with Crippen molar-refractivity contribution in [1.82, 2.24) is 14.5 Å². The normalized spacial score (nSPS) is 17.3. The predicted octanol–water partition coefficient (Wildman–Crippen LogP) is 4.57. The van der Waals surface area contributed by atoms with Crippen molar-refractivity contribution in [1.29, 1.82) is 0 Å². The molecule has 35 heavy (non-hydrogen) atoms. The number of nitrogens with one attached hydrogen (secondary N) is 2. The minimum absolute atomic E-state index is 0.162. The lowest BCUT2D eigenvalue weighted by Crippen LogP contribution is -2.33. The highest BCUT2D eigenvalue weighted by Crippen LogP contribution is 2.46. The smallest absolute Gasteiger partial charge is 0.259 e. The number of benzene rings is 2. The lowest BCUT2D eigenvalue weighted by molar-refractivity contribution is -0.139. The van der Waals surface area contributed by atoms with E-state index in [-0.39, 0.29) is 30.0 Å². The summed E-state index contributed by atoms with van der Waals surface area (Å²) in [5.41, 5.74) is 5.95. The monoisotopic (exact) mass is 466 g/mol. The molecule has 7 nitrogen and oxygen atoms in total. The third-order valence-electron chi connectivity index (χ3n) is 7.25. The van der Waals surface area contributed by atoms with E-state index in [0.717, 1.165) is 38.6 Å². The van der Waals surface area contributed by atoms with Gasteiger partial charge in [0, 0.05) is 47.4 Å². The molecule has 6 rings (SSSR count). The molecule has 2 aromatic heterocycles. The predicted molar refractivity (Wildman–Crippen MR) is 137 cm³/mol. The Morgan fingerprint density at radius 1 is 1.09 bits per heavy atom. The maximum Gasteiger partial charge on any atom is 0.259 e. The van der Waals surface area contributed by atoms with Gasteiger partial charge in [-0.25, -0.2) is 0 Å². The molecule has 0 unspecified atom stereocenters. The minimum Gasteiger partial charge on any atom is -0.356 e. The van der Waals surface area contributed by atoms with Gasteiger partial charge in [0.25, 0.3) is 11.5 Å². The Morgan fingerprint density at radius 2 is 1.86 bits per heavy atom. The Bertz CT molecular complexity index is 1670. The number of hydrogen-bond acceptors (Lipinski definition) is 4. The van der Waals surface area contributed by atoms with Crippen LogP contribution in [-0.4, -0.2) is 32.8 Å². The topological polar surface area (TPSA) is 87.2 Å². The summed E-state index contributed by atoms with van der Waals surface area (Å²) >= 11 is 0. The molecule has 1 atom stereocenters. The molecule has 0 aliphatic carbocycles. The van der Waals surface area contributed by atoms with Gasteiger partial charge in [-0.15, -0.1) is 0 Å². The average Bonchev–Trinajstić information content (AvgIpc) is 3.31. The number of para-hydroxylation sites is 1. The van der Waals surface area contributed by atoms with E-state index in [4.69, 9.17) is 0 Å². The number of aromatic amines is 1. The number of carbonyl (C=O) groups excluding carboxylic acids is 2. The fourth-order valence-electron chi connectivity index (χ4n) is 5.60.